The molecule has 3 rings (SSSR count). The summed E-state index contributed by atoms with van der Waals surface area (Å²) in [5.74, 6) is 1.28. The van der Waals surface area contributed by atoms with Crippen LogP contribution in [0.1, 0.15) is 43.9 Å². The lowest BCUT2D eigenvalue weighted by Gasteiger charge is -2.24. The Balaban J connectivity index is 1.69. The van der Waals surface area contributed by atoms with Crippen LogP contribution in [-0.4, -0.2) is 22.5 Å². The molecule has 0 aliphatic heterocycles. The van der Waals surface area contributed by atoms with Crippen LogP contribution in [-0.2, 0) is 19.7 Å². The van der Waals surface area contributed by atoms with Gasteiger partial charge in [-0.3, -0.25) is 0 Å². The van der Waals surface area contributed by atoms with Crippen molar-refractivity contribution in [3.63, 3.8) is 0 Å². The number of aromatic nitrogens is 2. The van der Waals surface area contributed by atoms with E-state index in [4.69, 9.17) is 9.84 Å². The zero-order valence-electron chi connectivity index (χ0n) is 15.5. The Hall–Kier alpha value is -1.45. The van der Waals surface area contributed by atoms with Crippen molar-refractivity contribution in [1.82, 2.24) is 15.1 Å². The summed E-state index contributed by atoms with van der Waals surface area (Å²) in [5.41, 5.74) is 2.14. The lowest BCUT2D eigenvalue weighted by molar-refractivity contribution is 0.184. The van der Waals surface area contributed by atoms with E-state index in [1.165, 1.54) is 0 Å². The quantitative estimate of drug-likeness (QED) is 0.715. The Labute approximate surface area is 157 Å². The third-order valence-electron chi connectivity index (χ3n) is 4.99. The van der Waals surface area contributed by atoms with Crippen LogP contribution in [0.3, 0.4) is 0 Å². The Morgan fingerprint density at radius 1 is 1.27 bits per heavy atom. The highest BCUT2D eigenvalue weighted by Crippen LogP contribution is 2.29. The summed E-state index contributed by atoms with van der Waals surface area (Å²) in [5, 5.41) is 9.18. The van der Waals surface area contributed by atoms with Gasteiger partial charge < -0.3 is 10.1 Å². The topological polar surface area (TPSA) is 39.1 Å². The average molecular weight is 377 g/mol. The van der Waals surface area contributed by atoms with Crippen LogP contribution in [0, 0.1) is 5.92 Å². The maximum Gasteiger partial charge on any atom is 0.212 e. The first-order valence-electron chi connectivity index (χ1n) is 9.53. The molecular formula is C20H29FN3OP. The highest BCUT2D eigenvalue weighted by molar-refractivity contribution is 7.27. The number of rotatable bonds is 8. The standard InChI is InChI=1S/C20H29FN3OP/c1-2-22-12-18-11-20(25-14-16-5-3-4-6-19(16)26)24(23-18)13-15-7-9-17(21)10-8-15/h3-6,11,15,17,22H,2,7-10,12-14,26H2,1H3. The van der Waals surface area contributed by atoms with E-state index in [-0.39, 0.29) is 0 Å². The van der Waals surface area contributed by atoms with Crippen LogP contribution in [0.2, 0.25) is 0 Å². The third kappa shape index (κ3) is 5.28. The van der Waals surface area contributed by atoms with Crippen molar-refractivity contribution in [3.8, 4) is 5.88 Å². The average Bonchev–Trinajstić information content (AvgIpc) is 3.03. The Morgan fingerprint density at radius 2 is 2.04 bits per heavy atom. The number of nitrogens with one attached hydrogen (secondary N) is 1. The summed E-state index contributed by atoms with van der Waals surface area (Å²) in [6.45, 7) is 5.04. The predicted molar refractivity (Wildman–Crippen MR) is 107 cm³/mol. The molecule has 2 aromatic rings. The molecule has 0 saturated heterocycles. The van der Waals surface area contributed by atoms with E-state index >= 15 is 0 Å². The van der Waals surface area contributed by atoms with Crippen LogP contribution in [0.5, 0.6) is 5.88 Å². The number of halogens is 1. The van der Waals surface area contributed by atoms with Gasteiger partial charge >= 0.3 is 0 Å². The lowest BCUT2D eigenvalue weighted by atomic mass is 9.88. The molecule has 6 heteroatoms. The molecule has 1 aromatic heterocycles. The smallest absolute Gasteiger partial charge is 0.212 e. The third-order valence-corrected chi connectivity index (χ3v) is 5.55. The molecule has 0 amide bonds. The molecule has 1 heterocycles. The molecule has 1 aliphatic carbocycles. The van der Waals surface area contributed by atoms with Crippen molar-refractivity contribution >= 4 is 14.5 Å². The van der Waals surface area contributed by atoms with Gasteiger partial charge in [-0.05, 0) is 49.0 Å². The van der Waals surface area contributed by atoms with Gasteiger partial charge in [-0.25, -0.2) is 9.07 Å². The van der Waals surface area contributed by atoms with E-state index < -0.39 is 6.17 Å². The van der Waals surface area contributed by atoms with E-state index in [0.717, 1.165) is 54.9 Å². The van der Waals surface area contributed by atoms with Crippen molar-refractivity contribution in [2.24, 2.45) is 5.92 Å². The number of benzene rings is 1. The summed E-state index contributed by atoms with van der Waals surface area (Å²) in [4.78, 5) is 0. The van der Waals surface area contributed by atoms with E-state index in [2.05, 4.69) is 33.6 Å². The minimum Gasteiger partial charge on any atom is -0.473 e. The highest BCUT2D eigenvalue weighted by atomic mass is 31.0. The summed E-state index contributed by atoms with van der Waals surface area (Å²) < 4.78 is 21.5. The zero-order chi connectivity index (χ0) is 18.4. The Morgan fingerprint density at radius 3 is 2.77 bits per heavy atom. The first-order chi connectivity index (χ1) is 12.7. The minimum atomic E-state index is -0.623. The first kappa shape index (κ1) is 19.3. The highest BCUT2D eigenvalue weighted by Gasteiger charge is 2.22. The predicted octanol–water partition coefficient (Wildman–Crippen LogP) is 3.60. The van der Waals surface area contributed by atoms with Crippen molar-refractivity contribution in [2.45, 2.75) is 58.5 Å². The van der Waals surface area contributed by atoms with Crippen LogP contribution in [0.4, 0.5) is 4.39 Å². The molecule has 0 bridgehead atoms. The molecule has 142 valence electrons. The molecule has 26 heavy (non-hydrogen) atoms. The molecule has 1 aliphatic rings. The van der Waals surface area contributed by atoms with Crippen molar-refractivity contribution in [1.29, 1.82) is 0 Å². The summed E-state index contributed by atoms with van der Waals surface area (Å²) in [6, 6.07) is 10.2. The second-order valence-electron chi connectivity index (χ2n) is 7.04. The maximum absolute atomic E-state index is 13.4. The molecule has 1 saturated carbocycles. The van der Waals surface area contributed by atoms with Gasteiger partial charge in [-0.15, -0.1) is 9.24 Å². The summed E-state index contributed by atoms with van der Waals surface area (Å²) in [6.07, 6.45) is 2.58. The van der Waals surface area contributed by atoms with E-state index in [9.17, 15) is 4.39 Å². The van der Waals surface area contributed by atoms with E-state index in [1.54, 1.807) is 0 Å². The Kier molecular flexibility index (Phi) is 7.04. The number of nitrogens with zero attached hydrogens (tertiary/aromatic N) is 2. The second-order valence-corrected chi connectivity index (χ2v) is 7.66. The summed E-state index contributed by atoms with van der Waals surface area (Å²) >= 11 is 0. The second kappa shape index (κ2) is 9.48. The van der Waals surface area contributed by atoms with Gasteiger partial charge in [-0.2, -0.15) is 5.10 Å². The first-order valence-corrected chi connectivity index (χ1v) is 10.1. The van der Waals surface area contributed by atoms with Gasteiger partial charge in [0.2, 0.25) is 5.88 Å². The van der Waals surface area contributed by atoms with Crippen molar-refractivity contribution in [2.75, 3.05) is 6.54 Å². The van der Waals surface area contributed by atoms with Crippen LogP contribution >= 0.6 is 9.24 Å². The fraction of sp³-hybridized carbons (Fsp3) is 0.550. The largest absolute Gasteiger partial charge is 0.473 e. The van der Waals surface area contributed by atoms with Crippen molar-refractivity contribution in [3.05, 3.63) is 41.6 Å². The molecule has 4 nitrogen and oxygen atoms in total. The van der Waals surface area contributed by atoms with Gasteiger partial charge in [0.05, 0.1) is 5.69 Å². The number of hydrogen-bond donors (Lipinski definition) is 1. The van der Waals surface area contributed by atoms with Gasteiger partial charge in [0.1, 0.15) is 12.8 Å². The number of hydrogen-bond acceptors (Lipinski definition) is 3. The van der Waals surface area contributed by atoms with E-state index in [0.29, 0.717) is 25.4 Å². The molecule has 0 spiro atoms. The molecule has 1 N–H and O–H groups in total. The fourth-order valence-corrected chi connectivity index (χ4v) is 3.69. The van der Waals surface area contributed by atoms with Crippen molar-refractivity contribution < 1.29 is 9.13 Å². The van der Waals surface area contributed by atoms with Crippen LogP contribution in [0.15, 0.2) is 30.3 Å². The molecule has 1 atom stereocenters. The van der Waals surface area contributed by atoms with Gasteiger partial charge in [0.25, 0.3) is 0 Å². The van der Waals surface area contributed by atoms with E-state index in [1.807, 2.05) is 22.9 Å². The molecule has 1 fully saturated rings. The molecular weight excluding hydrogens is 348 g/mol. The normalized spacial score (nSPS) is 20.3. The molecule has 1 aromatic carbocycles. The van der Waals surface area contributed by atoms with Crippen LogP contribution in [0.25, 0.3) is 0 Å². The Bertz CT molecular complexity index is 698. The lowest BCUT2D eigenvalue weighted by Crippen LogP contribution is -2.21. The monoisotopic (exact) mass is 377 g/mol. The van der Waals surface area contributed by atoms with Gasteiger partial charge in [0.15, 0.2) is 0 Å². The maximum atomic E-state index is 13.4. The molecule has 1 unspecified atom stereocenters. The number of ether oxygens (including phenoxy) is 1. The number of alkyl halides is 1. The van der Waals surface area contributed by atoms with Gasteiger partial charge in [0, 0.05) is 19.2 Å². The fourth-order valence-electron chi connectivity index (χ4n) is 3.40. The zero-order valence-corrected chi connectivity index (χ0v) is 16.6. The summed E-state index contributed by atoms with van der Waals surface area (Å²) in [7, 11) is 2.75. The van der Waals surface area contributed by atoms with Gasteiger partial charge in [-0.1, -0.05) is 31.2 Å². The minimum absolute atomic E-state index is 0.477. The van der Waals surface area contributed by atoms with Crippen LogP contribution < -0.4 is 15.4 Å². The molecule has 0 radical (unpaired) electrons. The SMILES string of the molecule is CCNCc1cc(OCc2ccccc2P)n(CC2CCC(F)CC2)n1.